The topological polar surface area (TPSA) is 0 Å². The van der Waals surface area contributed by atoms with Gasteiger partial charge in [0.2, 0.25) is 6.04 Å². The predicted octanol–water partition coefficient (Wildman–Crippen LogP) is 5.13. The van der Waals surface area contributed by atoms with Crippen LogP contribution in [0, 0.1) is 0 Å². The first-order valence-electron chi connectivity index (χ1n) is 5.08. The normalized spacial score (nSPS) is 11.7. The molecule has 81 valence electrons. The van der Waals surface area contributed by atoms with Crippen LogP contribution in [-0.4, -0.2) is 6.04 Å². The van der Waals surface area contributed by atoms with E-state index in [2.05, 4.69) is 85.2 Å². The summed E-state index contributed by atoms with van der Waals surface area (Å²) in [5.41, 5.74) is 1.29. The lowest BCUT2D eigenvalue weighted by Crippen LogP contribution is -1.84. The van der Waals surface area contributed by atoms with Crippen LogP contribution in [0.5, 0.6) is 0 Å². The molecule has 0 aromatic heterocycles. The lowest BCUT2D eigenvalue weighted by atomic mass is 10.0. The molecular weight excluding hydrogens is 344 g/mol. The van der Waals surface area contributed by atoms with E-state index in [1.54, 1.807) is 0 Å². The number of fused-ring (bicyclic) bond motifs is 1. The summed E-state index contributed by atoms with van der Waals surface area (Å²) in [7, 11) is 0. The summed E-state index contributed by atoms with van der Waals surface area (Å²) in [6, 6.07) is 15.5. The second-order valence-electron chi connectivity index (χ2n) is 3.51. The van der Waals surface area contributed by atoms with Gasteiger partial charge in [0.1, 0.15) is 0 Å². The Morgan fingerprint density at radius 3 is 2.56 bits per heavy atom. The van der Waals surface area contributed by atoms with E-state index >= 15 is 0 Å². The third kappa shape index (κ3) is 3.06. The number of hydrogen-bond donors (Lipinski definition) is 0. The highest BCUT2D eigenvalue weighted by Crippen LogP contribution is 2.20. The van der Waals surface area contributed by atoms with Crippen molar-refractivity contribution in [3.8, 4) is 0 Å². The Kier molecular flexibility index (Phi) is 4.38. The summed E-state index contributed by atoms with van der Waals surface area (Å²) in [5.74, 6) is 0. The Morgan fingerprint density at radius 2 is 1.75 bits per heavy atom. The van der Waals surface area contributed by atoms with Crippen LogP contribution < -0.4 is 0 Å². The summed E-state index contributed by atoms with van der Waals surface area (Å²) in [6.45, 7) is 0. The van der Waals surface area contributed by atoms with E-state index in [-0.39, 0.29) is 0 Å². The van der Waals surface area contributed by atoms with Crippen molar-refractivity contribution < 1.29 is 0 Å². The smallest absolute Gasteiger partial charge is 0.112 e. The highest BCUT2D eigenvalue weighted by atomic mass is 79.9. The lowest BCUT2D eigenvalue weighted by molar-refractivity contribution is 1.68. The Morgan fingerprint density at radius 1 is 1.00 bits per heavy atom. The van der Waals surface area contributed by atoms with Crippen molar-refractivity contribution in [2.24, 2.45) is 0 Å². The van der Waals surface area contributed by atoms with Crippen LogP contribution >= 0.6 is 30.6 Å². The SMILES string of the molecule is Br[Si](Br)CC=Cc1cccc2ccccc12. The van der Waals surface area contributed by atoms with E-state index in [1.165, 1.54) is 16.3 Å². The van der Waals surface area contributed by atoms with Gasteiger partial charge in [-0.3, -0.25) is 0 Å². The zero-order chi connectivity index (χ0) is 11.4. The van der Waals surface area contributed by atoms with Crippen molar-refractivity contribution >= 4 is 53.5 Å². The van der Waals surface area contributed by atoms with Gasteiger partial charge in [-0.25, -0.2) is 0 Å². The molecule has 0 nitrogen and oxygen atoms in total. The molecule has 0 saturated carbocycles. The van der Waals surface area contributed by atoms with Gasteiger partial charge in [0.05, 0.1) is 0 Å². The van der Waals surface area contributed by atoms with Gasteiger partial charge in [0.15, 0.2) is 0 Å². The second-order valence-corrected chi connectivity index (χ2v) is 13.5. The third-order valence-corrected chi connectivity index (χ3v) is 4.88. The van der Waals surface area contributed by atoms with Crippen LogP contribution in [0.2, 0.25) is 6.04 Å². The minimum absolute atomic E-state index is 0.519. The van der Waals surface area contributed by atoms with Gasteiger partial charge in [-0.1, -0.05) is 54.6 Å². The Hall–Kier alpha value is -0.383. The Labute approximate surface area is 113 Å². The summed E-state index contributed by atoms with van der Waals surface area (Å²) in [5, 5.41) is 2.62. The van der Waals surface area contributed by atoms with Crippen LogP contribution in [0.1, 0.15) is 5.56 Å². The van der Waals surface area contributed by atoms with Gasteiger partial charge >= 0.3 is 0 Å². The van der Waals surface area contributed by atoms with E-state index in [9.17, 15) is 0 Å². The molecule has 0 atom stereocenters. The molecule has 0 aliphatic rings. The fourth-order valence-electron chi connectivity index (χ4n) is 1.67. The lowest BCUT2D eigenvalue weighted by Gasteiger charge is -2.01. The largest absolute Gasteiger partial charge is 0.219 e. The van der Waals surface area contributed by atoms with Gasteiger partial charge in [-0.05, 0) is 22.4 Å². The van der Waals surface area contributed by atoms with Crippen molar-refractivity contribution in [3.63, 3.8) is 0 Å². The first kappa shape index (κ1) is 12.1. The molecule has 16 heavy (non-hydrogen) atoms. The fourth-order valence-corrected chi connectivity index (χ4v) is 3.09. The molecular formula is C13H11Br2Si. The minimum atomic E-state index is -0.519. The molecule has 0 heterocycles. The average molecular weight is 355 g/mol. The molecule has 0 saturated heterocycles. The van der Waals surface area contributed by atoms with Gasteiger partial charge < -0.3 is 0 Å². The van der Waals surface area contributed by atoms with Crippen LogP contribution in [0.4, 0.5) is 0 Å². The Balaban J connectivity index is 2.34. The number of benzene rings is 2. The fraction of sp³-hybridized carbons (Fsp3) is 0.0769. The number of rotatable bonds is 3. The summed E-state index contributed by atoms with van der Waals surface area (Å²) in [6.07, 6.45) is 4.43. The minimum Gasteiger partial charge on any atom is -0.112 e. The van der Waals surface area contributed by atoms with Gasteiger partial charge in [0.25, 0.3) is 0 Å². The van der Waals surface area contributed by atoms with E-state index in [0.717, 1.165) is 6.04 Å². The summed E-state index contributed by atoms with van der Waals surface area (Å²) >= 11 is 7.13. The molecule has 3 heteroatoms. The number of halogens is 2. The van der Waals surface area contributed by atoms with E-state index < -0.39 is 6.04 Å². The first-order valence-corrected chi connectivity index (χ1v) is 11.3. The number of hydrogen-bond acceptors (Lipinski definition) is 0. The summed E-state index contributed by atoms with van der Waals surface area (Å²) < 4.78 is 0. The molecule has 0 N–H and O–H groups in total. The monoisotopic (exact) mass is 353 g/mol. The molecule has 0 spiro atoms. The van der Waals surface area contributed by atoms with Crippen LogP contribution in [0.3, 0.4) is 0 Å². The number of allylic oxidation sites excluding steroid dienone is 1. The average Bonchev–Trinajstić information content (AvgIpc) is 2.29. The zero-order valence-corrected chi connectivity index (χ0v) is 12.8. The van der Waals surface area contributed by atoms with E-state index in [0.29, 0.717) is 0 Å². The zero-order valence-electron chi connectivity index (χ0n) is 8.66. The molecule has 0 aliphatic carbocycles. The maximum Gasteiger partial charge on any atom is 0.219 e. The van der Waals surface area contributed by atoms with Crippen molar-refractivity contribution in [2.75, 3.05) is 0 Å². The predicted molar refractivity (Wildman–Crippen MR) is 81.4 cm³/mol. The molecule has 2 rings (SSSR count). The molecule has 0 fully saturated rings. The van der Waals surface area contributed by atoms with Crippen molar-refractivity contribution in [1.82, 2.24) is 0 Å². The Bertz CT molecular complexity index is 501. The van der Waals surface area contributed by atoms with Crippen LogP contribution in [0.25, 0.3) is 16.8 Å². The molecule has 0 amide bonds. The van der Waals surface area contributed by atoms with Crippen LogP contribution in [0.15, 0.2) is 48.5 Å². The second kappa shape index (κ2) is 5.80. The highest BCUT2D eigenvalue weighted by Gasteiger charge is 1.98. The molecule has 0 unspecified atom stereocenters. The molecule has 1 radical (unpaired) electrons. The standard InChI is InChI=1S/C13H11Br2Si/c14-16(15)10-4-8-12-7-3-6-11-5-1-2-9-13(11)12/h1-9H,10H2. The van der Waals surface area contributed by atoms with Gasteiger partial charge in [-0.15, -0.1) is 30.6 Å². The van der Waals surface area contributed by atoms with E-state index in [1.807, 2.05) is 0 Å². The van der Waals surface area contributed by atoms with Gasteiger partial charge in [0, 0.05) is 0 Å². The molecule has 0 bridgehead atoms. The highest BCUT2D eigenvalue weighted by molar-refractivity contribution is 9.49. The van der Waals surface area contributed by atoms with Crippen LogP contribution in [-0.2, 0) is 0 Å². The molecule has 2 aromatic rings. The van der Waals surface area contributed by atoms with Gasteiger partial charge in [-0.2, -0.15) is 0 Å². The molecule has 2 aromatic carbocycles. The molecule has 0 aliphatic heterocycles. The third-order valence-electron chi connectivity index (χ3n) is 2.39. The van der Waals surface area contributed by atoms with Crippen molar-refractivity contribution in [1.29, 1.82) is 0 Å². The summed E-state index contributed by atoms with van der Waals surface area (Å²) in [4.78, 5) is 0. The maximum absolute atomic E-state index is 3.56. The quantitative estimate of drug-likeness (QED) is 0.529. The first-order chi connectivity index (χ1) is 7.77. The van der Waals surface area contributed by atoms with Crippen molar-refractivity contribution in [3.05, 3.63) is 54.1 Å². The van der Waals surface area contributed by atoms with E-state index in [4.69, 9.17) is 0 Å². The van der Waals surface area contributed by atoms with Crippen molar-refractivity contribution in [2.45, 2.75) is 6.04 Å². The maximum atomic E-state index is 3.56.